The molecule has 2 N–H and O–H groups in total. The Hall–Kier alpha value is -2.52. The molecular formula is C20H23ClF3N5O. The molecule has 10 heteroatoms. The minimum Gasteiger partial charge on any atom is -0.392 e. The van der Waals surface area contributed by atoms with Crippen LogP contribution in [-0.2, 0) is 12.8 Å². The van der Waals surface area contributed by atoms with Crippen LogP contribution < -0.4 is 9.80 Å². The number of benzene rings is 1. The Labute approximate surface area is 177 Å². The van der Waals surface area contributed by atoms with Crippen LogP contribution in [0.15, 0.2) is 30.5 Å². The van der Waals surface area contributed by atoms with Gasteiger partial charge in [0.25, 0.3) is 0 Å². The number of rotatable bonds is 3. The molecule has 0 atom stereocenters. The van der Waals surface area contributed by atoms with Gasteiger partial charge in [-0.25, -0.2) is 9.97 Å². The number of hydrogen-bond donors (Lipinski definition) is 2. The lowest BCUT2D eigenvalue weighted by Crippen LogP contribution is -2.47. The number of hydrogen-bond acceptors (Lipinski definition) is 5. The van der Waals surface area contributed by atoms with E-state index in [0.717, 1.165) is 12.1 Å². The molecule has 0 aliphatic carbocycles. The van der Waals surface area contributed by atoms with Gasteiger partial charge in [0.15, 0.2) is 0 Å². The van der Waals surface area contributed by atoms with Crippen molar-refractivity contribution in [3.63, 3.8) is 0 Å². The second kappa shape index (κ2) is 9.09. The summed E-state index contributed by atoms with van der Waals surface area (Å²) in [4.78, 5) is 15.7. The number of H-pyrrole nitrogens is 1. The fraction of sp³-hybridized carbons (Fsp3) is 0.400. The molecule has 2 aromatic heterocycles. The Bertz CT molecular complexity index is 1000. The first-order valence-electron chi connectivity index (χ1n) is 9.67. The number of pyridine rings is 1. The molecule has 6 nitrogen and oxygen atoms in total. The standard InChI is InChI=1S/C18H17ClF3N5O.C2H6/c19-13-7-11(10-28)9-23-16(13)26-3-5-27(6-4-26)17-24-14-2-1-12(18(20,21)22)8-15(14)25-17;1-2/h1-2,7-9,28H,3-6,10H2,(H,24,25);1-2H3. The Balaban J connectivity index is 0.00000124. The lowest BCUT2D eigenvalue weighted by molar-refractivity contribution is -0.137. The van der Waals surface area contributed by atoms with Gasteiger partial charge in [-0.15, -0.1) is 0 Å². The maximum Gasteiger partial charge on any atom is 0.416 e. The van der Waals surface area contributed by atoms with Crippen molar-refractivity contribution < 1.29 is 18.3 Å². The Morgan fingerprint density at radius 2 is 1.77 bits per heavy atom. The van der Waals surface area contributed by atoms with Crippen LogP contribution >= 0.6 is 11.6 Å². The first-order chi connectivity index (χ1) is 14.3. The van der Waals surface area contributed by atoms with Gasteiger partial charge in [-0.05, 0) is 29.8 Å². The second-order valence-electron chi connectivity index (χ2n) is 6.57. The highest BCUT2D eigenvalue weighted by molar-refractivity contribution is 6.33. The van der Waals surface area contributed by atoms with Crippen molar-refractivity contribution in [1.82, 2.24) is 15.0 Å². The van der Waals surface area contributed by atoms with Crippen molar-refractivity contribution in [3.05, 3.63) is 46.6 Å². The number of nitrogens with one attached hydrogen (secondary N) is 1. The van der Waals surface area contributed by atoms with E-state index in [0.29, 0.717) is 59.6 Å². The Kier molecular flexibility index (Phi) is 6.72. The third-order valence-corrected chi connectivity index (χ3v) is 5.01. The lowest BCUT2D eigenvalue weighted by atomic mass is 10.2. The number of fused-ring (bicyclic) bond motifs is 1. The minimum atomic E-state index is -4.39. The van der Waals surface area contributed by atoms with Gasteiger partial charge in [0.1, 0.15) is 5.82 Å². The number of anilines is 2. The molecule has 0 saturated carbocycles. The summed E-state index contributed by atoms with van der Waals surface area (Å²) in [5.41, 5.74) is 0.797. The smallest absolute Gasteiger partial charge is 0.392 e. The summed E-state index contributed by atoms with van der Waals surface area (Å²) in [5, 5.41) is 9.63. The van der Waals surface area contributed by atoms with Gasteiger partial charge in [0.2, 0.25) is 5.95 Å². The predicted molar refractivity (Wildman–Crippen MR) is 112 cm³/mol. The third kappa shape index (κ3) is 4.62. The van der Waals surface area contributed by atoms with Crippen molar-refractivity contribution in [2.24, 2.45) is 0 Å². The number of nitrogens with zero attached hydrogens (tertiary/aromatic N) is 4. The highest BCUT2D eigenvalue weighted by Gasteiger charge is 2.31. The van der Waals surface area contributed by atoms with Crippen LogP contribution in [0.1, 0.15) is 25.0 Å². The molecule has 3 aromatic rings. The van der Waals surface area contributed by atoms with Crippen LogP contribution in [0.2, 0.25) is 5.02 Å². The van der Waals surface area contributed by atoms with Crippen LogP contribution in [-0.4, -0.2) is 46.2 Å². The highest BCUT2D eigenvalue weighted by Crippen LogP contribution is 2.32. The summed E-state index contributed by atoms with van der Waals surface area (Å²) in [6.07, 6.45) is -2.80. The zero-order chi connectivity index (χ0) is 21.9. The fourth-order valence-electron chi connectivity index (χ4n) is 3.24. The van der Waals surface area contributed by atoms with E-state index >= 15 is 0 Å². The van der Waals surface area contributed by atoms with Gasteiger partial charge < -0.3 is 19.9 Å². The highest BCUT2D eigenvalue weighted by atomic mass is 35.5. The summed E-state index contributed by atoms with van der Waals surface area (Å²) in [7, 11) is 0. The predicted octanol–water partition coefficient (Wildman–Crippen LogP) is 4.48. The van der Waals surface area contributed by atoms with E-state index in [2.05, 4.69) is 15.0 Å². The van der Waals surface area contributed by atoms with Gasteiger partial charge in [-0.2, -0.15) is 13.2 Å². The third-order valence-electron chi connectivity index (χ3n) is 4.74. The first kappa shape index (κ1) is 22.2. The maximum atomic E-state index is 12.9. The van der Waals surface area contributed by atoms with Crippen LogP contribution in [0.5, 0.6) is 0 Å². The molecule has 0 radical (unpaired) electrons. The van der Waals surface area contributed by atoms with Gasteiger partial charge in [0, 0.05) is 32.4 Å². The number of piperazine rings is 1. The van der Waals surface area contributed by atoms with Crippen LogP contribution in [0.4, 0.5) is 24.9 Å². The first-order valence-corrected chi connectivity index (χ1v) is 10.0. The summed E-state index contributed by atoms with van der Waals surface area (Å²) in [6, 6.07) is 5.18. The summed E-state index contributed by atoms with van der Waals surface area (Å²) in [6.45, 7) is 6.38. The Morgan fingerprint density at radius 3 is 2.37 bits per heavy atom. The van der Waals surface area contributed by atoms with Crippen LogP contribution in [0, 0.1) is 0 Å². The molecule has 4 rings (SSSR count). The zero-order valence-corrected chi connectivity index (χ0v) is 17.4. The molecule has 1 saturated heterocycles. The fourth-order valence-corrected chi connectivity index (χ4v) is 3.55. The summed E-state index contributed by atoms with van der Waals surface area (Å²) < 4.78 is 38.6. The molecule has 30 heavy (non-hydrogen) atoms. The van der Waals surface area contributed by atoms with Crippen LogP contribution in [0.3, 0.4) is 0 Å². The molecule has 1 aromatic carbocycles. The summed E-state index contributed by atoms with van der Waals surface area (Å²) >= 11 is 6.26. The molecule has 0 spiro atoms. The quantitative estimate of drug-likeness (QED) is 0.627. The lowest BCUT2D eigenvalue weighted by Gasteiger charge is -2.35. The molecule has 3 heterocycles. The second-order valence-corrected chi connectivity index (χ2v) is 6.98. The number of aromatic nitrogens is 3. The Morgan fingerprint density at radius 1 is 1.10 bits per heavy atom. The SMILES string of the molecule is CC.OCc1cnc(N2CCN(c3nc4ccc(C(F)(F)F)cc4[nH]3)CC2)c(Cl)c1. The molecule has 1 fully saturated rings. The van der Waals surface area contributed by atoms with Crippen LogP contribution in [0.25, 0.3) is 11.0 Å². The average molecular weight is 442 g/mol. The number of aliphatic hydroxyl groups is 1. The number of halogens is 4. The van der Waals surface area contributed by atoms with E-state index < -0.39 is 11.7 Å². The van der Waals surface area contributed by atoms with Gasteiger partial charge >= 0.3 is 6.18 Å². The normalized spacial score (nSPS) is 14.6. The summed E-state index contributed by atoms with van der Waals surface area (Å²) in [5.74, 6) is 1.20. The van der Waals surface area contributed by atoms with Crippen molar-refractivity contribution >= 4 is 34.4 Å². The molecule has 1 aliphatic rings. The molecule has 162 valence electrons. The van der Waals surface area contributed by atoms with Gasteiger partial charge in [0.05, 0.1) is 28.2 Å². The molecular weight excluding hydrogens is 419 g/mol. The van der Waals surface area contributed by atoms with E-state index in [1.165, 1.54) is 6.07 Å². The minimum absolute atomic E-state index is 0.122. The topological polar surface area (TPSA) is 68.3 Å². The van der Waals surface area contributed by atoms with E-state index in [1.807, 2.05) is 23.6 Å². The monoisotopic (exact) mass is 441 g/mol. The molecule has 0 unspecified atom stereocenters. The number of aromatic amines is 1. The van der Waals surface area contributed by atoms with Gasteiger partial charge in [-0.1, -0.05) is 25.4 Å². The largest absolute Gasteiger partial charge is 0.416 e. The van der Waals surface area contributed by atoms with E-state index in [9.17, 15) is 13.2 Å². The van der Waals surface area contributed by atoms with E-state index in [-0.39, 0.29) is 6.61 Å². The number of alkyl halides is 3. The molecule has 0 amide bonds. The number of aliphatic hydroxyl groups excluding tert-OH is 1. The zero-order valence-electron chi connectivity index (χ0n) is 16.7. The van der Waals surface area contributed by atoms with E-state index in [1.54, 1.807) is 12.3 Å². The van der Waals surface area contributed by atoms with Gasteiger partial charge in [-0.3, -0.25) is 0 Å². The maximum absolute atomic E-state index is 12.9. The molecule has 0 bridgehead atoms. The van der Waals surface area contributed by atoms with E-state index in [4.69, 9.17) is 16.7 Å². The van der Waals surface area contributed by atoms with Crippen molar-refractivity contribution in [2.45, 2.75) is 26.6 Å². The van der Waals surface area contributed by atoms with Crippen molar-refractivity contribution in [3.8, 4) is 0 Å². The average Bonchev–Trinajstić information content (AvgIpc) is 3.18. The van der Waals surface area contributed by atoms with Crippen molar-refractivity contribution in [1.29, 1.82) is 0 Å². The molecule has 1 aliphatic heterocycles. The van der Waals surface area contributed by atoms with Crippen molar-refractivity contribution in [2.75, 3.05) is 36.0 Å². The number of imidazole rings is 1.